The van der Waals surface area contributed by atoms with Crippen molar-refractivity contribution in [1.29, 1.82) is 0 Å². The molecule has 1 N–H and O–H groups in total. The lowest BCUT2D eigenvalue weighted by molar-refractivity contribution is 0.486. The molecule has 0 spiro atoms. The number of halogens is 2. The van der Waals surface area contributed by atoms with Gasteiger partial charge in [0.1, 0.15) is 23.0 Å². The Morgan fingerprint density at radius 3 is 2.47 bits per heavy atom. The van der Waals surface area contributed by atoms with Crippen molar-refractivity contribution >= 4 is 11.0 Å². The quantitative estimate of drug-likeness (QED) is 0.905. The molecular weight excluding hydrogens is 248 g/mol. The van der Waals surface area contributed by atoms with Crippen molar-refractivity contribution in [2.75, 3.05) is 6.54 Å². The predicted molar refractivity (Wildman–Crippen MR) is 72.2 cm³/mol. The summed E-state index contributed by atoms with van der Waals surface area (Å²) in [6.45, 7) is 9.27. The fraction of sp³-hybridized carbons (Fsp3) is 0.467. The van der Waals surface area contributed by atoms with Gasteiger partial charge >= 0.3 is 0 Å². The number of fused-ring (bicyclic) bond motifs is 1. The van der Waals surface area contributed by atoms with Crippen LogP contribution in [-0.2, 0) is 12.0 Å². The molecule has 19 heavy (non-hydrogen) atoms. The molecular formula is C15H19F2NO. The Hall–Kier alpha value is -1.42. The van der Waals surface area contributed by atoms with E-state index >= 15 is 0 Å². The average Bonchev–Trinajstić information content (AvgIpc) is 2.64. The minimum absolute atomic E-state index is 0.269. The summed E-state index contributed by atoms with van der Waals surface area (Å²) in [6, 6.07) is 2.15. The average molecular weight is 267 g/mol. The van der Waals surface area contributed by atoms with Crippen molar-refractivity contribution in [3.8, 4) is 0 Å². The molecule has 4 heteroatoms. The highest BCUT2D eigenvalue weighted by Gasteiger charge is 2.27. The third-order valence-corrected chi connectivity index (χ3v) is 3.07. The van der Waals surface area contributed by atoms with Crippen LogP contribution in [0.1, 0.15) is 39.0 Å². The molecule has 1 heterocycles. The molecule has 0 aliphatic carbocycles. The Kier molecular flexibility index (Phi) is 3.63. The molecule has 0 aliphatic heterocycles. The third-order valence-electron chi connectivity index (χ3n) is 3.07. The number of furan rings is 1. The summed E-state index contributed by atoms with van der Waals surface area (Å²) in [5.74, 6) is -0.505. The van der Waals surface area contributed by atoms with E-state index in [2.05, 4.69) is 5.32 Å². The molecule has 104 valence electrons. The summed E-state index contributed by atoms with van der Waals surface area (Å²) in [4.78, 5) is 0. The van der Waals surface area contributed by atoms with Crippen LogP contribution < -0.4 is 5.32 Å². The molecule has 0 unspecified atom stereocenters. The molecule has 0 radical (unpaired) electrons. The highest BCUT2D eigenvalue weighted by Crippen LogP contribution is 2.37. The number of hydrogen-bond acceptors (Lipinski definition) is 2. The van der Waals surface area contributed by atoms with Gasteiger partial charge in [-0.05, 0) is 12.0 Å². The van der Waals surface area contributed by atoms with Gasteiger partial charge in [0, 0.05) is 17.7 Å². The van der Waals surface area contributed by atoms with Gasteiger partial charge in [0.25, 0.3) is 0 Å². The minimum Gasteiger partial charge on any atom is -0.459 e. The van der Waals surface area contributed by atoms with Gasteiger partial charge < -0.3 is 9.73 Å². The van der Waals surface area contributed by atoms with Crippen LogP contribution in [0.3, 0.4) is 0 Å². The Bertz CT molecular complexity index is 596. The Labute approximate surface area is 111 Å². The van der Waals surface area contributed by atoms with Crippen molar-refractivity contribution < 1.29 is 13.2 Å². The van der Waals surface area contributed by atoms with Crippen molar-refractivity contribution in [3.63, 3.8) is 0 Å². The molecule has 0 fully saturated rings. The van der Waals surface area contributed by atoms with Crippen LogP contribution in [0.2, 0.25) is 0 Å². The number of hydrogen-bond donors (Lipinski definition) is 1. The first-order valence-electron chi connectivity index (χ1n) is 6.46. The van der Waals surface area contributed by atoms with E-state index in [4.69, 9.17) is 4.42 Å². The molecule has 1 aromatic heterocycles. The summed E-state index contributed by atoms with van der Waals surface area (Å²) in [6.07, 6.45) is 0. The van der Waals surface area contributed by atoms with E-state index in [0.29, 0.717) is 17.7 Å². The fourth-order valence-corrected chi connectivity index (χ4v) is 2.35. The second kappa shape index (κ2) is 4.93. The highest BCUT2D eigenvalue weighted by atomic mass is 19.1. The summed E-state index contributed by atoms with van der Waals surface area (Å²) in [5.41, 5.74) is 0.811. The maximum Gasteiger partial charge on any atom is 0.140 e. The maximum atomic E-state index is 14.1. The third kappa shape index (κ3) is 2.63. The molecule has 0 aliphatic rings. The van der Waals surface area contributed by atoms with Crippen molar-refractivity contribution in [1.82, 2.24) is 5.32 Å². The van der Waals surface area contributed by atoms with Gasteiger partial charge in [0.05, 0.1) is 11.9 Å². The van der Waals surface area contributed by atoms with Crippen molar-refractivity contribution in [3.05, 3.63) is 35.1 Å². The SMILES string of the molecule is CCNCc1oc2cc(F)cc(F)c2c1C(C)(C)C. The Morgan fingerprint density at radius 1 is 1.21 bits per heavy atom. The van der Waals surface area contributed by atoms with Gasteiger partial charge in [-0.2, -0.15) is 0 Å². The number of benzene rings is 1. The van der Waals surface area contributed by atoms with Crippen LogP contribution in [0.5, 0.6) is 0 Å². The molecule has 1 aromatic carbocycles. The minimum atomic E-state index is -0.616. The van der Waals surface area contributed by atoms with Gasteiger partial charge in [0.2, 0.25) is 0 Å². The van der Waals surface area contributed by atoms with E-state index in [9.17, 15) is 8.78 Å². The Balaban J connectivity index is 2.71. The largest absolute Gasteiger partial charge is 0.459 e. The highest BCUT2D eigenvalue weighted by molar-refractivity contribution is 5.84. The van der Waals surface area contributed by atoms with Gasteiger partial charge in [-0.15, -0.1) is 0 Å². The second-order valence-electron chi connectivity index (χ2n) is 5.69. The van der Waals surface area contributed by atoms with E-state index < -0.39 is 11.6 Å². The van der Waals surface area contributed by atoms with Gasteiger partial charge in [0.15, 0.2) is 0 Å². The molecule has 0 saturated heterocycles. The van der Waals surface area contributed by atoms with Crippen molar-refractivity contribution in [2.24, 2.45) is 0 Å². The van der Waals surface area contributed by atoms with Crippen LogP contribution in [0.25, 0.3) is 11.0 Å². The fourth-order valence-electron chi connectivity index (χ4n) is 2.35. The lowest BCUT2D eigenvalue weighted by Gasteiger charge is -2.19. The topological polar surface area (TPSA) is 25.2 Å². The van der Waals surface area contributed by atoms with Crippen LogP contribution in [0.15, 0.2) is 16.5 Å². The number of nitrogens with one attached hydrogen (secondary N) is 1. The van der Waals surface area contributed by atoms with Crippen molar-refractivity contribution in [2.45, 2.75) is 39.7 Å². The summed E-state index contributed by atoms with van der Waals surface area (Å²) >= 11 is 0. The molecule has 0 saturated carbocycles. The zero-order valence-electron chi connectivity index (χ0n) is 11.7. The zero-order chi connectivity index (χ0) is 14.2. The Morgan fingerprint density at radius 2 is 1.89 bits per heavy atom. The maximum absolute atomic E-state index is 14.1. The van der Waals surface area contributed by atoms with Gasteiger partial charge in [-0.3, -0.25) is 0 Å². The van der Waals surface area contributed by atoms with E-state index in [0.717, 1.165) is 18.2 Å². The van der Waals surface area contributed by atoms with Crippen LogP contribution in [0.4, 0.5) is 8.78 Å². The first-order chi connectivity index (χ1) is 8.84. The summed E-state index contributed by atoms with van der Waals surface area (Å²) in [7, 11) is 0. The van der Waals surface area contributed by atoms with Crippen LogP contribution in [0, 0.1) is 11.6 Å². The molecule has 0 atom stereocenters. The van der Waals surface area contributed by atoms with Gasteiger partial charge in [-0.1, -0.05) is 27.7 Å². The van der Waals surface area contributed by atoms with E-state index in [1.807, 2.05) is 27.7 Å². The lowest BCUT2D eigenvalue weighted by atomic mass is 9.84. The lowest BCUT2D eigenvalue weighted by Crippen LogP contribution is -2.18. The van der Waals surface area contributed by atoms with Crippen LogP contribution in [-0.4, -0.2) is 6.54 Å². The predicted octanol–water partition coefficient (Wildman–Crippen LogP) is 4.12. The smallest absolute Gasteiger partial charge is 0.140 e. The second-order valence-corrected chi connectivity index (χ2v) is 5.69. The molecule has 2 nitrogen and oxygen atoms in total. The van der Waals surface area contributed by atoms with E-state index in [1.165, 1.54) is 6.07 Å². The monoisotopic (exact) mass is 267 g/mol. The normalized spacial score (nSPS) is 12.3. The van der Waals surface area contributed by atoms with E-state index in [1.54, 1.807) is 0 Å². The van der Waals surface area contributed by atoms with E-state index in [-0.39, 0.29) is 11.0 Å². The molecule has 0 bridgehead atoms. The summed E-state index contributed by atoms with van der Waals surface area (Å²) in [5, 5.41) is 3.55. The zero-order valence-corrected chi connectivity index (χ0v) is 11.7. The molecule has 2 aromatic rings. The van der Waals surface area contributed by atoms with Crippen LogP contribution >= 0.6 is 0 Å². The first kappa shape index (κ1) is 14.0. The standard InChI is InChI=1S/C15H19F2NO/c1-5-18-8-12-14(15(2,3)4)13-10(17)6-9(16)7-11(13)19-12/h6-7,18H,5,8H2,1-4H3. The molecule has 0 amide bonds. The summed E-state index contributed by atoms with van der Waals surface area (Å²) < 4.78 is 33.0. The number of rotatable bonds is 3. The molecule has 2 rings (SSSR count). The van der Waals surface area contributed by atoms with Gasteiger partial charge in [-0.25, -0.2) is 8.78 Å². The first-order valence-corrected chi connectivity index (χ1v) is 6.46.